The van der Waals surface area contributed by atoms with Crippen LogP contribution in [0, 0.1) is 0 Å². The average Bonchev–Trinajstić information content (AvgIpc) is 2.86. The Bertz CT molecular complexity index is 747. The van der Waals surface area contributed by atoms with Gasteiger partial charge in [0.2, 0.25) is 0 Å². The molecule has 0 amide bonds. The molecule has 0 aliphatic heterocycles. The molecule has 2 aromatic heterocycles. The third kappa shape index (κ3) is 1.69. The summed E-state index contributed by atoms with van der Waals surface area (Å²) in [6.45, 7) is 0.207. The van der Waals surface area contributed by atoms with Gasteiger partial charge in [0, 0.05) is 11.7 Å². The Hall–Kier alpha value is -2.50. The Kier molecular flexibility index (Phi) is 2.01. The van der Waals surface area contributed by atoms with Crippen molar-refractivity contribution >= 4 is 10.9 Å². The quantitative estimate of drug-likeness (QED) is 0.666. The van der Waals surface area contributed by atoms with E-state index < -0.39 is 11.3 Å². The highest BCUT2D eigenvalue weighted by atomic mass is 16.7. The molecule has 0 saturated carbocycles. The maximum atomic E-state index is 10.8. The van der Waals surface area contributed by atoms with E-state index in [0.717, 1.165) is 21.4 Å². The van der Waals surface area contributed by atoms with Gasteiger partial charge in [-0.3, -0.25) is 9.05 Å². The van der Waals surface area contributed by atoms with Crippen LogP contribution in [0.5, 0.6) is 0 Å². The minimum absolute atomic E-state index is 0.207. The van der Waals surface area contributed by atoms with Gasteiger partial charge in [-0.2, -0.15) is 0 Å². The number of hydrogen-bond acceptors (Lipinski definition) is 4. The first-order valence-electron chi connectivity index (χ1n) is 5.00. The minimum Gasteiger partial charge on any atom is -0.361 e. The summed E-state index contributed by atoms with van der Waals surface area (Å²) in [4.78, 5) is 25.5. The van der Waals surface area contributed by atoms with Crippen LogP contribution >= 0.6 is 0 Å². The van der Waals surface area contributed by atoms with Crippen molar-refractivity contribution in [1.29, 1.82) is 0 Å². The maximum Gasteiger partial charge on any atom is 0.446 e. The van der Waals surface area contributed by atoms with Crippen molar-refractivity contribution in [2.45, 2.75) is 6.54 Å². The predicted molar refractivity (Wildman–Crippen MR) is 58.9 cm³/mol. The Morgan fingerprint density at radius 2 is 1.88 bits per heavy atom. The molecular weight excluding hydrogens is 224 g/mol. The molecule has 0 saturated heterocycles. The smallest absolute Gasteiger partial charge is 0.361 e. The van der Waals surface area contributed by atoms with Gasteiger partial charge in [-0.1, -0.05) is 11.0 Å². The minimum atomic E-state index is -0.993. The summed E-state index contributed by atoms with van der Waals surface area (Å²) in [6, 6.07) is 7.62. The van der Waals surface area contributed by atoms with Crippen molar-refractivity contribution < 1.29 is 9.05 Å². The van der Waals surface area contributed by atoms with Crippen molar-refractivity contribution in [3.63, 3.8) is 0 Å². The van der Waals surface area contributed by atoms with Gasteiger partial charge in [0.05, 0.1) is 0 Å². The van der Waals surface area contributed by atoms with Crippen LogP contribution in [0.4, 0.5) is 0 Å². The van der Waals surface area contributed by atoms with E-state index in [4.69, 9.17) is 0 Å². The van der Waals surface area contributed by atoms with Crippen molar-refractivity contribution in [3.05, 3.63) is 56.9 Å². The van der Waals surface area contributed by atoms with Gasteiger partial charge in [-0.25, -0.2) is 9.59 Å². The Balaban J connectivity index is 1.99. The first-order chi connectivity index (χ1) is 8.22. The molecular formula is C11H8N2O4. The number of H-pyrrole nitrogens is 1. The second-order valence-corrected chi connectivity index (χ2v) is 3.65. The Morgan fingerprint density at radius 3 is 2.65 bits per heavy atom. The van der Waals surface area contributed by atoms with Crippen molar-refractivity contribution in [2.75, 3.05) is 0 Å². The van der Waals surface area contributed by atoms with Gasteiger partial charge >= 0.3 is 11.3 Å². The third-order valence-corrected chi connectivity index (χ3v) is 2.47. The van der Waals surface area contributed by atoms with E-state index in [9.17, 15) is 9.59 Å². The molecule has 1 aromatic carbocycles. The van der Waals surface area contributed by atoms with Gasteiger partial charge in [0.1, 0.15) is 6.54 Å². The van der Waals surface area contributed by atoms with Crippen LogP contribution in [-0.4, -0.2) is 9.90 Å². The SMILES string of the molecule is O=c1on(Cc2ccc3[nH]ccc3c2)oc1=O. The van der Waals surface area contributed by atoms with Crippen molar-refractivity contribution in [3.8, 4) is 0 Å². The monoisotopic (exact) mass is 232 g/mol. The van der Waals surface area contributed by atoms with Crippen LogP contribution in [0.25, 0.3) is 10.9 Å². The zero-order chi connectivity index (χ0) is 11.8. The fourth-order valence-electron chi connectivity index (χ4n) is 1.69. The molecule has 6 heteroatoms. The van der Waals surface area contributed by atoms with Crippen LogP contribution in [0.15, 0.2) is 49.1 Å². The molecule has 1 N–H and O–H groups in total. The molecule has 3 rings (SSSR count). The topological polar surface area (TPSA) is 81.1 Å². The lowest BCUT2D eigenvalue weighted by Crippen LogP contribution is -2.14. The lowest BCUT2D eigenvalue weighted by Gasteiger charge is -1.99. The highest BCUT2D eigenvalue weighted by molar-refractivity contribution is 5.79. The van der Waals surface area contributed by atoms with Crippen LogP contribution < -0.4 is 11.3 Å². The zero-order valence-corrected chi connectivity index (χ0v) is 8.67. The fourth-order valence-corrected chi connectivity index (χ4v) is 1.69. The third-order valence-electron chi connectivity index (χ3n) is 2.47. The summed E-state index contributed by atoms with van der Waals surface area (Å²) in [5.41, 5.74) is -0.0933. The molecule has 0 atom stereocenters. The number of nitrogens with one attached hydrogen (secondary N) is 1. The van der Waals surface area contributed by atoms with E-state index in [1.165, 1.54) is 0 Å². The molecule has 0 radical (unpaired) electrons. The van der Waals surface area contributed by atoms with Crippen LogP contribution in [0.3, 0.4) is 0 Å². The Morgan fingerprint density at radius 1 is 1.12 bits per heavy atom. The van der Waals surface area contributed by atoms with Crippen LogP contribution in [-0.2, 0) is 6.54 Å². The molecule has 2 heterocycles. The number of aromatic amines is 1. The van der Waals surface area contributed by atoms with Crippen LogP contribution in [0.1, 0.15) is 5.56 Å². The second kappa shape index (κ2) is 3.51. The summed E-state index contributed by atoms with van der Waals surface area (Å²) in [6.07, 6.45) is 1.84. The summed E-state index contributed by atoms with van der Waals surface area (Å²) >= 11 is 0. The second-order valence-electron chi connectivity index (χ2n) is 3.65. The van der Waals surface area contributed by atoms with E-state index in [0.29, 0.717) is 0 Å². The summed E-state index contributed by atoms with van der Waals surface area (Å²) in [5.74, 6) is 0. The fraction of sp³-hybridized carbons (Fsp3) is 0.0909. The molecule has 17 heavy (non-hydrogen) atoms. The molecule has 86 valence electrons. The number of aromatic nitrogens is 2. The largest absolute Gasteiger partial charge is 0.446 e. The maximum absolute atomic E-state index is 10.8. The normalized spacial score (nSPS) is 11.1. The molecule has 3 aromatic rings. The predicted octanol–water partition coefficient (Wildman–Crippen LogP) is 0.924. The van der Waals surface area contributed by atoms with Gasteiger partial charge in [-0.15, -0.1) is 0 Å². The van der Waals surface area contributed by atoms with Gasteiger partial charge in [0.25, 0.3) is 0 Å². The van der Waals surface area contributed by atoms with Gasteiger partial charge in [-0.05, 0) is 29.1 Å². The van der Waals surface area contributed by atoms with E-state index >= 15 is 0 Å². The lowest BCUT2D eigenvalue weighted by molar-refractivity contribution is 0.0853. The van der Waals surface area contributed by atoms with E-state index in [-0.39, 0.29) is 6.54 Å². The number of benzene rings is 1. The van der Waals surface area contributed by atoms with E-state index in [1.807, 2.05) is 30.5 Å². The number of fused-ring (bicyclic) bond motifs is 1. The summed E-state index contributed by atoms with van der Waals surface area (Å²) in [7, 11) is 0. The highest BCUT2D eigenvalue weighted by Gasteiger charge is 2.06. The molecule has 0 aliphatic rings. The molecule has 0 unspecified atom stereocenters. The van der Waals surface area contributed by atoms with Crippen molar-refractivity contribution in [1.82, 2.24) is 9.90 Å². The summed E-state index contributed by atoms with van der Waals surface area (Å²) < 4.78 is 9.17. The molecule has 0 aliphatic carbocycles. The van der Waals surface area contributed by atoms with E-state index in [1.54, 1.807) is 0 Å². The van der Waals surface area contributed by atoms with E-state index in [2.05, 4.69) is 14.0 Å². The average molecular weight is 232 g/mol. The molecule has 6 nitrogen and oxygen atoms in total. The number of nitrogens with zero attached hydrogens (tertiary/aromatic N) is 1. The zero-order valence-electron chi connectivity index (χ0n) is 8.67. The molecule has 0 fully saturated rings. The lowest BCUT2D eigenvalue weighted by atomic mass is 10.1. The van der Waals surface area contributed by atoms with Gasteiger partial charge in [0.15, 0.2) is 0 Å². The molecule has 0 bridgehead atoms. The highest BCUT2D eigenvalue weighted by Crippen LogP contribution is 2.14. The first-order valence-corrected chi connectivity index (χ1v) is 5.00. The first kappa shape index (κ1) is 9.71. The summed E-state index contributed by atoms with van der Waals surface area (Å²) in [5, 5.41) is 1.04. The Labute approximate surface area is 94.0 Å². The van der Waals surface area contributed by atoms with Crippen LogP contribution in [0.2, 0.25) is 0 Å². The van der Waals surface area contributed by atoms with Gasteiger partial charge < -0.3 is 4.98 Å². The molecule has 0 spiro atoms. The number of hydrogen-bond donors (Lipinski definition) is 1. The number of rotatable bonds is 2. The standard InChI is InChI=1S/C11H8N2O4/c14-10-11(15)17-13(16-10)6-7-1-2-9-8(5-7)3-4-12-9/h1-5,12H,6H2. The van der Waals surface area contributed by atoms with Crippen molar-refractivity contribution in [2.24, 2.45) is 0 Å².